The van der Waals surface area contributed by atoms with Gasteiger partial charge in [0, 0.05) is 0 Å². The molecule has 0 saturated heterocycles. The van der Waals surface area contributed by atoms with E-state index >= 15 is 0 Å². The fourth-order valence-electron chi connectivity index (χ4n) is 3.34. The molecule has 0 heterocycles. The Morgan fingerprint density at radius 3 is 1.18 bits per heavy atom. The molecule has 280 valence electrons. The fourth-order valence-corrected chi connectivity index (χ4v) is 3.34. The first-order chi connectivity index (χ1) is 22.1. The van der Waals surface area contributed by atoms with Crippen molar-refractivity contribution in [1.82, 2.24) is 0 Å². The Balaban J connectivity index is -0.000000392. The lowest BCUT2D eigenvalue weighted by Crippen LogP contribution is -2.18. The number of hydrogen-bond donors (Lipinski definition) is 0. The molecule has 2 rings (SSSR count). The summed E-state index contributed by atoms with van der Waals surface area (Å²) in [6.07, 6.45) is 6.69. The summed E-state index contributed by atoms with van der Waals surface area (Å²) in [6, 6.07) is 14.0. The van der Waals surface area contributed by atoms with Gasteiger partial charge in [-0.1, -0.05) is 72.7 Å². The van der Waals surface area contributed by atoms with Gasteiger partial charge in [0.1, 0.15) is 35.9 Å². The van der Waals surface area contributed by atoms with Crippen molar-refractivity contribution in [2.75, 3.05) is 39.6 Å². The summed E-state index contributed by atoms with van der Waals surface area (Å²) in [6.45, 7) is 15.9. The van der Waals surface area contributed by atoms with Gasteiger partial charge in [-0.05, 0) is 94.7 Å². The van der Waals surface area contributed by atoms with Crippen LogP contribution in [-0.2, 0) is 38.1 Å². The number of esters is 4. The molecule has 0 aliphatic carbocycles. The monoisotopic (exact) mass is 700 g/mol. The minimum absolute atomic E-state index is 0. The molecule has 0 aliphatic heterocycles. The topological polar surface area (TPSA) is 124 Å². The smallest absolute Gasteiger partial charge is 0.345 e. The molecule has 0 atom stereocenters. The van der Waals surface area contributed by atoms with Gasteiger partial charge in [0.15, 0.2) is 0 Å². The second kappa shape index (κ2) is 30.0. The largest absolute Gasteiger partial charge is 0.490 e. The first-order valence-electron chi connectivity index (χ1n) is 14.9. The van der Waals surface area contributed by atoms with E-state index in [2.05, 4.69) is 6.58 Å². The van der Waals surface area contributed by atoms with Gasteiger partial charge in [0.05, 0.1) is 26.4 Å². The summed E-state index contributed by atoms with van der Waals surface area (Å²) >= 11 is 0. The minimum Gasteiger partial charge on any atom is -0.490 e. The zero-order valence-corrected chi connectivity index (χ0v) is 27.5. The maximum absolute atomic E-state index is 11.9. The van der Waals surface area contributed by atoms with E-state index in [1.807, 2.05) is 26.0 Å². The van der Waals surface area contributed by atoms with Gasteiger partial charge in [-0.25, -0.2) is 19.2 Å². The SMILES string of the molecule is C.C.C.C.C/C=C/COc1ccc(C=C(C(=O)OCC)C(=O)OCC)cc1.C=C(C)COc1ccc(C=C(C(=O)OCC)C(=O)OCC)cc1. The third-order valence-electron chi connectivity index (χ3n) is 5.43. The van der Waals surface area contributed by atoms with E-state index in [1.54, 1.807) is 76.2 Å². The lowest BCUT2D eigenvalue weighted by atomic mass is 10.1. The summed E-state index contributed by atoms with van der Waals surface area (Å²) in [4.78, 5) is 47.5. The molecular formula is C40H60O10. The number of allylic oxidation sites excluding steroid dienone is 1. The predicted molar refractivity (Wildman–Crippen MR) is 203 cm³/mol. The number of carbonyl (C=O) groups is 4. The van der Waals surface area contributed by atoms with E-state index in [0.717, 1.165) is 5.57 Å². The molecule has 10 heteroatoms. The van der Waals surface area contributed by atoms with Crippen molar-refractivity contribution in [3.63, 3.8) is 0 Å². The van der Waals surface area contributed by atoms with E-state index in [0.29, 0.717) is 35.8 Å². The molecule has 2 aromatic rings. The van der Waals surface area contributed by atoms with Crippen LogP contribution in [0.1, 0.15) is 82.4 Å². The molecule has 0 aromatic heterocycles. The summed E-state index contributed by atoms with van der Waals surface area (Å²) in [5.74, 6) is -1.41. The van der Waals surface area contributed by atoms with E-state index in [4.69, 9.17) is 28.4 Å². The van der Waals surface area contributed by atoms with E-state index in [9.17, 15) is 19.2 Å². The van der Waals surface area contributed by atoms with Gasteiger partial charge in [-0.2, -0.15) is 0 Å². The van der Waals surface area contributed by atoms with E-state index in [-0.39, 0.29) is 67.3 Å². The van der Waals surface area contributed by atoms with Crippen LogP contribution < -0.4 is 9.47 Å². The van der Waals surface area contributed by atoms with Crippen LogP contribution in [0.3, 0.4) is 0 Å². The lowest BCUT2D eigenvalue weighted by molar-refractivity contribution is -0.148. The predicted octanol–water partition coefficient (Wildman–Crippen LogP) is 8.85. The summed E-state index contributed by atoms with van der Waals surface area (Å²) in [5, 5.41) is 0. The van der Waals surface area contributed by atoms with Crippen LogP contribution in [0.25, 0.3) is 12.2 Å². The second-order valence-corrected chi connectivity index (χ2v) is 9.26. The van der Waals surface area contributed by atoms with Crippen molar-refractivity contribution in [1.29, 1.82) is 0 Å². The Labute approximate surface area is 300 Å². The van der Waals surface area contributed by atoms with Crippen molar-refractivity contribution in [3.05, 3.63) is 95.1 Å². The highest BCUT2D eigenvalue weighted by Crippen LogP contribution is 2.18. The van der Waals surface area contributed by atoms with Gasteiger partial charge in [-0.15, -0.1) is 0 Å². The second-order valence-electron chi connectivity index (χ2n) is 9.26. The fraction of sp³-hybridized carbons (Fsp3) is 0.400. The molecule has 0 saturated carbocycles. The number of benzene rings is 2. The molecular weight excluding hydrogens is 640 g/mol. The summed E-state index contributed by atoms with van der Waals surface area (Å²) < 4.78 is 30.5. The van der Waals surface area contributed by atoms with Crippen molar-refractivity contribution in [2.24, 2.45) is 0 Å². The molecule has 50 heavy (non-hydrogen) atoms. The number of ether oxygens (including phenoxy) is 6. The number of rotatable bonds is 16. The molecule has 0 spiro atoms. The molecule has 0 bridgehead atoms. The highest BCUT2D eigenvalue weighted by atomic mass is 16.6. The maximum atomic E-state index is 11.9. The van der Waals surface area contributed by atoms with Crippen LogP contribution in [-0.4, -0.2) is 63.5 Å². The van der Waals surface area contributed by atoms with Crippen LogP contribution in [0, 0.1) is 0 Å². The first kappa shape index (κ1) is 51.7. The molecule has 0 fully saturated rings. The van der Waals surface area contributed by atoms with Crippen LogP contribution in [0.5, 0.6) is 11.5 Å². The molecule has 0 radical (unpaired) electrons. The molecule has 2 aromatic carbocycles. The van der Waals surface area contributed by atoms with Crippen molar-refractivity contribution >= 4 is 36.0 Å². The quantitative estimate of drug-likeness (QED) is 0.0419. The molecule has 0 unspecified atom stereocenters. The molecule has 0 amide bonds. The minimum atomic E-state index is -0.700. The first-order valence-corrected chi connectivity index (χ1v) is 14.9. The zero-order valence-electron chi connectivity index (χ0n) is 27.5. The highest BCUT2D eigenvalue weighted by Gasteiger charge is 2.22. The third-order valence-corrected chi connectivity index (χ3v) is 5.43. The van der Waals surface area contributed by atoms with Gasteiger partial charge < -0.3 is 28.4 Å². The molecule has 10 nitrogen and oxygen atoms in total. The molecule has 0 aliphatic rings. The van der Waals surface area contributed by atoms with Crippen LogP contribution in [0.15, 0.2) is 84.0 Å². The highest BCUT2D eigenvalue weighted by molar-refractivity contribution is 6.18. The summed E-state index contributed by atoms with van der Waals surface area (Å²) in [7, 11) is 0. The van der Waals surface area contributed by atoms with Crippen molar-refractivity contribution in [2.45, 2.75) is 71.2 Å². The van der Waals surface area contributed by atoms with Gasteiger partial charge in [-0.3, -0.25) is 0 Å². The molecule has 0 N–H and O–H groups in total. The third kappa shape index (κ3) is 20.3. The van der Waals surface area contributed by atoms with Crippen LogP contribution in [0.2, 0.25) is 0 Å². The maximum Gasteiger partial charge on any atom is 0.345 e. The lowest BCUT2D eigenvalue weighted by Gasteiger charge is -2.08. The van der Waals surface area contributed by atoms with Gasteiger partial charge in [0.25, 0.3) is 0 Å². The number of hydrogen-bond acceptors (Lipinski definition) is 10. The van der Waals surface area contributed by atoms with Crippen LogP contribution >= 0.6 is 0 Å². The Hall–Kier alpha value is -5.12. The number of carbonyl (C=O) groups excluding carboxylic acids is 4. The average Bonchev–Trinajstić information content (AvgIpc) is 3.03. The van der Waals surface area contributed by atoms with E-state index in [1.165, 1.54) is 12.2 Å². The Morgan fingerprint density at radius 2 is 0.900 bits per heavy atom. The Morgan fingerprint density at radius 1 is 0.580 bits per heavy atom. The van der Waals surface area contributed by atoms with Gasteiger partial charge >= 0.3 is 23.9 Å². The van der Waals surface area contributed by atoms with Gasteiger partial charge in [0.2, 0.25) is 0 Å². The van der Waals surface area contributed by atoms with Crippen molar-refractivity contribution in [3.8, 4) is 11.5 Å². The summed E-state index contributed by atoms with van der Waals surface area (Å²) in [5.41, 5.74) is 2.00. The Kier molecular flexibility index (Phi) is 31.0. The van der Waals surface area contributed by atoms with Crippen molar-refractivity contribution < 1.29 is 47.6 Å². The normalized spacial score (nSPS) is 9.16. The average molecular weight is 701 g/mol. The Bertz CT molecular complexity index is 1330. The van der Waals surface area contributed by atoms with E-state index < -0.39 is 23.9 Å². The standard InChI is InChI=1S/2C18H22O5.4CH4/c1-5-21-17(19)16(18(20)22-6-2)11-14-7-9-15(10-8-14)23-12-13(3)4;1-4-7-12-23-15-10-8-14(9-11-15)13-16(17(19)21-5-2)18(20)22-6-3;;;;/h7-11H,3,5-6,12H2,1-2,4H3;4,7-11,13H,5-6,12H2,1-3H3;4*1H4/b;7-4+;;;;. The zero-order chi connectivity index (χ0) is 34.3. The van der Waals surface area contributed by atoms with Crippen LogP contribution in [0.4, 0.5) is 0 Å².